The molecule has 20 heavy (non-hydrogen) atoms. The van der Waals surface area contributed by atoms with Crippen molar-refractivity contribution in [2.24, 2.45) is 0 Å². The number of nitrogens with zero attached hydrogens (tertiary/aromatic N) is 1. The van der Waals surface area contributed by atoms with Crippen LogP contribution in [0, 0.1) is 13.8 Å². The molecular weight excluding hydrogens is 248 g/mol. The molecule has 0 fully saturated rings. The number of aryl methyl sites for hydroxylation is 2. The van der Waals surface area contributed by atoms with E-state index < -0.39 is 0 Å². The van der Waals surface area contributed by atoms with Crippen LogP contribution >= 0.6 is 0 Å². The van der Waals surface area contributed by atoms with Crippen LogP contribution in [0.15, 0.2) is 30.5 Å². The van der Waals surface area contributed by atoms with Crippen LogP contribution in [0.2, 0.25) is 0 Å². The Kier molecular flexibility index (Phi) is 4.61. The molecular formula is C17H22N2O. The van der Waals surface area contributed by atoms with Gasteiger partial charge in [0.05, 0.1) is 12.8 Å². The zero-order chi connectivity index (χ0) is 14.5. The topological polar surface area (TPSA) is 34.2 Å². The lowest BCUT2D eigenvalue weighted by Crippen LogP contribution is -2.00. The van der Waals surface area contributed by atoms with Crippen molar-refractivity contribution in [1.29, 1.82) is 0 Å². The minimum Gasteiger partial charge on any atom is -0.496 e. The Bertz CT molecular complexity index is 594. The zero-order valence-electron chi connectivity index (χ0n) is 12.7. The molecule has 0 radical (unpaired) electrons. The van der Waals surface area contributed by atoms with Crippen LogP contribution in [-0.4, -0.2) is 18.6 Å². The molecule has 3 nitrogen and oxygen atoms in total. The first-order chi connectivity index (χ1) is 9.65. The zero-order valence-corrected chi connectivity index (χ0v) is 12.7. The number of rotatable bonds is 5. The summed E-state index contributed by atoms with van der Waals surface area (Å²) in [7, 11) is 1.70. The average molecular weight is 270 g/mol. The number of anilines is 1. The lowest BCUT2D eigenvalue weighted by molar-refractivity contribution is 0.411. The van der Waals surface area contributed by atoms with E-state index in [2.05, 4.69) is 49.3 Å². The van der Waals surface area contributed by atoms with E-state index in [-0.39, 0.29) is 0 Å². The largest absolute Gasteiger partial charge is 0.496 e. The van der Waals surface area contributed by atoms with Gasteiger partial charge in [0.2, 0.25) is 0 Å². The van der Waals surface area contributed by atoms with Crippen molar-refractivity contribution in [3.8, 4) is 17.0 Å². The summed E-state index contributed by atoms with van der Waals surface area (Å²) in [4.78, 5) is 4.49. The van der Waals surface area contributed by atoms with Crippen molar-refractivity contribution in [2.45, 2.75) is 27.2 Å². The maximum absolute atomic E-state index is 5.36. The highest BCUT2D eigenvalue weighted by molar-refractivity contribution is 5.69. The molecule has 3 heteroatoms. The molecule has 0 amide bonds. The van der Waals surface area contributed by atoms with E-state index in [0.29, 0.717) is 0 Å². The molecule has 1 N–H and O–H groups in total. The van der Waals surface area contributed by atoms with E-state index in [4.69, 9.17) is 4.74 Å². The van der Waals surface area contributed by atoms with E-state index in [0.717, 1.165) is 41.2 Å². The Morgan fingerprint density at radius 1 is 1.15 bits per heavy atom. The summed E-state index contributed by atoms with van der Waals surface area (Å²) < 4.78 is 5.36. The third-order valence-electron chi connectivity index (χ3n) is 3.36. The SMILES string of the molecule is CCCNc1ccnc(-c2cc(C)c(OC)cc2C)c1. The summed E-state index contributed by atoms with van der Waals surface area (Å²) in [6.45, 7) is 7.28. The quantitative estimate of drug-likeness (QED) is 0.884. The van der Waals surface area contributed by atoms with Crippen LogP contribution in [0.1, 0.15) is 24.5 Å². The van der Waals surface area contributed by atoms with Crippen molar-refractivity contribution < 1.29 is 4.74 Å². The monoisotopic (exact) mass is 270 g/mol. The number of aromatic nitrogens is 1. The standard InChI is InChI=1S/C17H22N2O/c1-5-7-18-14-6-8-19-16(11-14)15-9-13(3)17(20-4)10-12(15)2/h6,8-11H,5,7H2,1-4H3,(H,18,19). The van der Waals surface area contributed by atoms with E-state index >= 15 is 0 Å². The molecule has 0 saturated carbocycles. The number of methoxy groups -OCH3 is 1. The van der Waals surface area contributed by atoms with Gasteiger partial charge >= 0.3 is 0 Å². The number of pyridine rings is 1. The first-order valence-corrected chi connectivity index (χ1v) is 7.01. The van der Waals surface area contributed by atoms with E-state index in [1.165, 1.54) is 5.56 Å². The predicted octanol–water partition coefficient (Wildman–Crippen LogP) is 4.20. The molecule has 1 aromatic carbocycles. The molecule has 0 unspecified atom stereocenters. The molecule has 0 saturated heterocycles. The van der Waals surface area contributed by atoms with E-state index in [1.54, 1.807) is 7.11 Å². The number of ether oxygens (including phenoxy) is 1. The Morgan fingerprint density at radius 2 is 1.95 bits per heavy atom. The highest BCUT2D eigenvalue weighted by Crippen LogP contribution is 2.29. The molecule has 0 aliphatic carbocycles. The smallest absolute Gasteiger partial charge is 0.122 e. The fourth-order valence-corrected chi connectivity index (χ4v) is 2.24. The average Bonchev–Trinajstić information content (AvgIpc) is 2.47. The Balaban J connectivity index is 2.38. The number of benzene rings is 1. The van der Waals surface area contributed by atoms with Crippen LogP contribution in [-0.2, 0) is 0 Å². The molecule has 1 aromatic heterocycles. The first kappa shape index (κ1) is 14.4. The molecule has 0 bridgehead atoms. The fourth-order valence-electron chi connectivity index (χ4n) is 2.24. The normalized spacial score (nSPS) is 10.4. The lowest BCUT2D eigenvalue weighted by Gasteiger charge is -2.12. The maximum Gasteiger partial charge on any atom is 0.122 e. The van der Waals surface area contributed by atoms with Gasteiger partial charge in [0, 0.05) is 24.0 Å². The third kappa shape index (κ3) is 3.10. The van der Waals surface area contributed by atoms with Crippen molar-refractivity contribution in [3.05, 3.63) is 41.6 Å². The van der Waals surface area contributed by atoms with Crippen molar-refractivity contribution in [3.63, 3.8) is 0 Å². The molecule has 0 aliphatic heterocycles. The maximum atomic E-state index is 5.36. The van der Waals surface area contributed by atoms with Crippen molar-refractivity contribution in [1.82, 2.24) is 4.98 Å². The second-order valence-corrected chi connectivity index (χ2v) is 4.99. The van der Waals surface area contributed by atoms with Gasteiger partial charge in [-0.2, -0.15) is 0 Å². The van der Waals surface area contributed by atoms with Crippen LogP contribution in [0.25, 0.3) is 11.3 Å². The van der Waals surface area contributed by atoms with Gasteiger partial charge in [-0.15, -0.1) is 0 Å². The Morgan fingerprint density at radius 3 is 2.65 bits per heavy atom. The molecule has 2 aromatic rings. The van der Waals surface area contributed by atoms with Gasteiger partial charge in [0.1, 0.15) is 5.75 Å². The van der Waals surface area contributed by atoms with Crippen molar-refractivity contribution >= 4 is 5.69 Å². The highest BCUT2D eigenvalue weighted by Gasteiger charge is 2.08. The van der Waals surface area contributed by atoms with Gasteiger partial charge in [0.25, 0.3) is 0 Å². The van der Waals surface area contributed by atoms with Gasteiger partial charge in [-0.1, -0.05) is 6.92 Å². The van der Waals surface area contributed by atoms with E-state index in [1.807, 2.05) is 12.3 Å². The summed E-state index contributed by atoms with van der Waals surface area (Å²) >= 11 is 0. The second-order valence-electron chi connectivity index (χ2n) is 4.99. The summed E-state index contributed by atoms with van der Waals surface area (Å²) in [5.74, 6) is 0.923. The molecule has 0 atom stereocenters. The van der Waals surface area contributed by atoms with Gasteiger partial charge in [-0.3, -0.25) is 4.98 Å². The summed E-state index contributed by atoms with van der Waals surface area (Å²) in [5, 5.41) is 3.40. The molecule has 0 spiro atoms. The van der Waals surface area contributed by atoms with Crippen LogP contribution in [0.5, 0.6) is 5.75 Å². The van der Waals surface area contributed by atoms with E-state index in [9.17, 15) is 0 Å². The molecule has 106 valence electrons. The van der Waals surface area contributed by atoms with Gasteiger partial charge in [0.15, 0.2) is 0 Å². The van der Waals surface area contributed by atoms with Crippen LogP contribution in [0.3, 0.4) is 0 Å². The van der Waals surface area contributed by atoms with Crippen LogP contribution in [0.4, 0.5) is 5.69 Å². The number of nitrogens with one attached hydrogen (secondary N) is 1. The van der Waals surface area contributed by atoms with Gasteiger partial charge in [-0.05, 0) is 55.7 Å². The van der Waals surface area contributed by atoms with Crippen LogP contribution < -0.4 is 10.1 Å². The number of hydrogen-bond acceptors (Lipinski definition) is 3. The summed E-state index contributed by atoms with van der Waals surface area (Å²) in [6, 6.07) is 8.31. The fraction of sp³-hybridized carbons (Fsp3) is 0.353. The van der Waals surface area contributed by atoms with Gasteiger partial charge < -0.3 is 10.1 Å². The first-order valence-electron chi connectivity index (χ1n) is 7.01. The third-order valence-corrected chi connectivity index (χ3v) is 3.36. The second kappa shape index (κ2) is 6.42. The number of hydrogen-bond donors (Lipinski definition) is 1. The predicted molar refractivity (Wildman–Crippen MR) is 84.5 cm³/mol. The summed E-state index contributed by atoms with van der Waals surface area (Å²) in [5.41, 5.74) is 5.57. The minimum absolute atomic E-state index is 0.923. The lowest BCUT2D eigenvalue weighted by atomic mass is 10.0. The Hall–Kier alpha value is -2.03. The van der Waals surface area contributed by atoms with Crippen molar-refractivity contribution in [2.75, 3.05) is 19.0 Å². The highest BCUT2D eigenvalue weighted by atomic mass is 16.5. The molecule has 2 rings (SSSR count). The molecule has 0 aliphatic rings. The molecule has 1 heterocycles. The minimum atomic E-state index is 0.923. The van der Waals surface area contributed by atoms with Gasteiger partial charge in [-0.25, -0.2) is 0 Å². The summed E-state index contributed by atoms with van der Waals surface area (Å²) in [6.07, 6.45) is 2.96. The Labute approximate surface area is 121 Å².